The monoisotopic (exact) mass is 270 g/mol. The fourth-order valence-corrected chi connectivity index (χ4v) is 2.30. The van der Waals surface area contributed by atoms with Gasteiger partial charge in [0.05, 0.1) is 0 Å². The van der Waals surface area contributed by atoms with E-state index >= 15 is 0 Å². The van der Waals surface area contributed by atoms with Crippen molar-refractivity contribution in [1.29, 1.82) is 0 Å². The Bertz CT molecular complexity index is 716. The molecule has 2 aromatic carbocycles. The fraction of sp³-hybridized carbons (Fsp3) is 0.125. The average Bonchev–Trinajstić information content (AvgIpc) is 2.87. The first-order valence-electron chi connectivity index (χ1n) is 6.28. The standard InChI is InChI=1S/C16H15ClN2/c1-11-2-4-14(9-15(11)17)19-10-12-3-5-16-13(8-12)6-7-18-16/h2-9,18-19H,10H2,1H3. The first-order valence-corrected chi connectivity index (χ1v) is 6.66. The minimum absolute atomic E-state index is 0.792. The predicted molar refractivity (Wildman–Crippen MR) is 81.8 cm³/mol. The van der Waals surface area contributed by atoms with E-state index < -0.39 is 0 Å². The Morgan fingerprint density at radius 3 is 2.84 bits per heavy atom. The fourth-order valence-electron chi connectivity index (χ4n) is 2.12. The summed E-state index contributed by atoms with van der Waals surface area (Å²) in [5, 5.41) is 5.43. The summed E-state index contributed by atoms with van der Waals surface area (Å²) in [6, 6.07) is 14.5. The lowest BCUT2D eigenvalue weighted by Gasteiger charge is -2.08. The number of aromatic nitrogens is 1. The molecule has 3 rings (SSSR count). The molecule has 0 aliphatic rings. The molecule has 0 amide bonds. The van der Waals surface area contributed by atoms with Crippen LogP contribution in [-0.4, -0.2) is 4.98 Å². The SMILES string of the molecule is Cc1ccc(NCc2ccc3[nH]ccc3c2)cc1Cl. The number of aryl methyl sites for hydroxylation is 1. The highest BCUT2D eigenvalue weighted by molar-refractivity contribution is 6.31. The van der Waals surface area contributed by atoms with E-state index in [4.69, 9.17) is 11.6 Å². The lowest BCUT2D eigenvalue weighted by molar-refractivity contribution is 1.15. The van der Waals surface area contributed by atoms with Crippen LogP contribution in [0.15, 0.2) is 48.7 Å². The van der Waals surface area contributed by atoms with Crippen molar-refractivity contribution < 1.29 is 0 Å². The Morgan fingerprint density at radius 1 is 1.11 bits per heavy atom. The number of nitrogens with one attached hydrogen (secondary N) is 2. The van der Waals surface area contributed by atoms with Crippen molar-refractivity contribution in [3.63, 3.8) is 0 Å². The lowest BCUT2D eigenvalue weighted by Crippen LogP contribution is -1.99. The van der Waals surface area contributed by atoms with Crippen LogP contribution in [0.3, 0.4) is 0 Å². The van der Waals surface area contributed by atoms with Crippen molar-refractivity contribution in [2.45, 2.75) is 13.5 Å². The molecular formula is C16H15ClN2. The molecule has 0 aliphatic heterocycles. The van der Waals surface area contributed by atoms with Gasteiger partial charge in [-0.15, -0.1) is 0 Å². The zero-order valence-electron chi connectivity index (χ0n) is 10.7. The number of benzene rings is 2. The molecule has 0 bridgehead atoms. The van der Waals surface area contributed by atoms with Gasteiger partial charge in [0.15, 0.2) is 0 Å². The van der Waals surface area contributed by atoms with E-state index in [0.29, 0.717) is 0 Å². The number of H-pyrrole nitrogens is 1. The number of halogens is 1. The van der Waals surface area contributed by atoms with Gasteiger partial charge in [-0.2, -0.15) is 0 Å². The Kier molecular flexibility index (Phi) is 3.18. The second kappa shape index (κ2) is 4.98. The molecule has 0 saturated carbocycles. The Morgan fingerprint density at radius 2 is 2.00 bits per heavy atom. The summed E-state index contributed by atoms with van der Waals surface area (Å²) >= 11 is 6.11. The summed E-state index contributed by atoms with van der Waals surface area (Å²) in [6.45, 7) is 2.80. The van der Waals surface area contributed by atoms with Gasteiger partial charge in [-0.1, -0.05) is 23.7 Å². The lowest BCUT2D eigenvalue weighted by atomic mass is 10.1. The molecule has 96 valence electrons. The Labute approximate surface area is 117 Å². The first kappa shape index (κ1) is 12.1. The number of rotatable bonds is 3. The molecule has 1 aromatic heterocycles. The van der Waals surface area contributed by atoms with Gasteiger partial charge in [-0.3, -0.25) is 0 Å². The van der Waals surface area contributed by atoms with Gasteiger partial charge in [-0.05, 0) is 53.8 Å². The Balaban J connectivity index is 1.75. The third kappa shape index (κ3) is 2.59. The quantitative estimate of drug-likeness (QED) is 0.707. The second-order valence-electron chi connectivity index (χ2n) is 4.72. The molecule has 0 aliphatic carbocycles. The summed E-state index contributed by atoms with van der Waals surface area (Å²) in [5.41, 5.74) is 4.57. The van der Waals surface area contributed by atoms with Crippen LogP contribution >= 0.6 is 11.6 Å². The van der Waals surface area contributed by atoms with Gasteiger partial charge in [0.25, 0.3) is 0 Å². The van der Waals surface area contributed by atoms with E-state index in [9.17, 15) is 0 Å². The molecule has 19 heavy (non-hydrogen) atoms. The van der Waals surface area contributed by atoms with Crippen LogP contribution in [0.2, 0.25) is 5.02 Å². The van der Waals surface area contributed by atoms with E-state index in [-0.39, 0.29) is 0 Å². The molecule has 2 nitrogen and oxygen atoms in total. The van der Waals surface area contributed by atoms with Crippen LogP contribution in [-0.2, 0) is 6.54 Å². The molecule has 3 aromatic rings. The zero-order valence-corrected chi connectivity index (χ0v) is 11.5. The molecule has 0 radical (unpaired) electrons. The van der Waals surface area contributed by atoms with Gasteiger partial charge in [-0.25, -0.2) is 0 Å². The number of anilines is 1. The predicted octanol–water partition coefficient (Wildman–Crippen LogP) is 4.74. The minimum Gasteiger partial charge on any atom is -0.381 e. The van der Waals surface area contributed by atoms with Crippen molar-refractivity contribution >= 4 is 28.2 Å². The van der Waals surface area contributed by atoms with E-state index in [1.54, 1.807) is 0 Å². The number of aromatic amines is 1. The summed E-state index contributed by atoms with van der Waals surface area (Å²) in [5.74, 6) is 0. The van der Waals surface area contributed by atoms with Crippen LogP contribution in [0, 0.1) is 6.92 Å². The highest BCUT2D eigenvalue weighted by Crippen LogP contribution is 2.21. The maximum atomic E-state index is 6.11. The van der Waals surface area contributed by atoms with Gasteiger partial charge >= 0.3 is 0 Å². The first-order chi connectivity index (χ1) is 9.22. The molecule has 0 spiro atoms. The number of hydrogen-bond donors (Lipinski definition) is 2. The van der Waals surface area contributed by atoms with Crippen molar-refractivity contribution in [2.24, 2.45) is 0 Å². The Hall–Kier alpha value is -1.93. The van der Waals surface area contributed by atoms with Crippen molar-refractivity contribution in [1.82, 2.24) is 4.98 Å². The molecule has 0 saturated heterocycles. The summed E-state index contributed by atoms with van der Waals surface area (Å²) in [6.07, 6.45) is 1.96. The molecule has 2 N–H and O–H groups in total. The van der Waals surface area contributed by atoms with Gasteiger partial charge < -0.3 is 10.3 Å². The highest BCUT2D eigenvalue weighted by atomic mass is 35.5. The van der Waals surface area contributed by atoms with E-state index in [1.807, 2.05) is 25.3 Å². The van der Waals surface area contributed by atoms with Crippen LogP contribution in [0.25, 0.3) is 10.9 Å². The zero-order chi connectivity index (χ0) is 13.2. The summed E-state index contributed by atoms with van der Waals surface area (Å²) in [7, 11) is 0. The van der Waals surface area contributed by atoms with Crippen molar-refractivity contribution in [3.05, 3.63) is 64.8 Å². The summed E-state index contributed by atoms with van der Waals surface area (Å²) in [4.78, 5) is 3.20. The second-order valence-corrected chi connectivity index (χ2v) is 5.12. The van der Waals surface area contributed by atoms with Crippen molar-refractivity contribution in [2.75, 3.05) is 5.32 Å². The minimum atomic E-state index is 0.792. The molecule has 1 heterocycles. The average molecular weight is 271 g/mol. The molecular weight excluding hydrogens is 256 g/mol. The molecule has 3 heteroatoms. The highest BCUT2D eigenvalue weighted by Gasteiger charge is 2.00. The van der Waals surface area contributed by atoms with E-state index in [0.717, 1.165) is 22.8 Å². The largest absolute Gasteiger partial charge is 0.381 e. The maximum Gasteiger partial charge on any atom is 0.0455 e. The number of fused-ring (bicyclic) bond motifs is 1. The third-order valence-corrected chi connectivity index (χ3v) is 3.69. The summed E-state index contributed by atoms with van der Waals surface area (Å²) < 4.78 is 0. The maximum absolute atomic E-state index is 6.11. The molecule has 0 atom stereocenters. The third-order valence-electron chi connectivity index (χ3n) is 3.29. The van der Waals surface area contributed by atoms with E-state index in [1.165, 1.54) is 16.5 Å². The van der Waals surface area contributed by atoms with Gasteiger partial charge in [0.2, 0.25) is 0 Å². The van der Waals surface area contributed by atoms with Crippen molar-refractivity contribution in [3.8, 4) is 0 Å². The topological polar surface area (TPSA) is 27.8 Å². The van der Waals surface area contributed by atoms with Gasteiger partial charge in [0.1, 0.15) is 0 Å². The smallest absolute Gasteiger partial charge is 0.0455 e. The van der Waals surface area contributed by atoms with Crippen LogP contribution in [0.4, 0.5) is 5.69 Å². The van der Waals surface area contributed by atoms with E-state index in [2.05, 4.69) is 40.6 Å². The molecule has 0 fully saturated rings. The normalized spacial score (nSPS) is 10.8. The van der Waals surface area contributed by atoms with Crippen LogP contribution in [0.5, 0.6) is 0 Å². The van der Waals surface area contributed by atoms with Gasteiger partial charge in [0, 0.05) is 29.0 Å². The molecule has 0 unspecified atom stereocenters. The van der Waals surface area contributed by atoms with Crippen LogP contribution < -0.4 is 5.32 Å². The van der Waals surface area contributed by atoms with Crippen LogP contribution in [0.1, 0.15) is 11.1 Å². The number of hydrogen-bond acceptors (Lipinski definition) is 1.